The van der Waals surface area contributed by atoms with Gasteiger partial charge in [0.25, 0.3) is 0 Å². The Hall–Kier alpha value is -1.12. The minimum atomic E-state index is -3.56. The molecule has 0 amide bonds. The second-order valence-corrected chi connectivity index (χ2v) is 8.91. The fourth-order valence-corrected chi connectivity index (χ4v) is 4.48. The van der Waals surface area contributed by atoms with E-state index in [9.17, 15) is 16.8 Å². The molecule has 1 aromatic rings. The number of benzene rings is 1. The molecule has 1 N–H and O–H groups in total. The van der Waals surface area contributed by atoms with Gasteiger partial charge in [-0.1, -0.05) is 18.9 Å². The predicted octanol–water partition coefficient (Wildman–Crippen LogP) is 1.62. The lowest BCUT2D eigenvalue weighted by molar-refractivity contribution is 0.424. The van der Waals surface area contributed by atoms with Gasteiger partial charge in [-0.15, -0.1) is 0 Å². The normalized spacial score (nSPS) is 18.1. The Morgan fingerprint density at radius 2 is 1.62 bits per heavy atom. The number of anilines is 1. The second-order valence-electron chi connectivity index (χ2n) is 5.22. The van der Waals surface area contributed by atoms with Gasteiger partial charge < -0.3 is 0 Å². The molecule has 8 heteroatoms. The van der Waals surface area contributed by atoms with Crippen molar-refractivity contribution < 1.29 is 16.8 Å². The molecular formula is C13H20N2O4S2. The van der Waals surface area contributed by atoms with Crippen molar-refractivity contribution in [1.29, 1.82) is 0 Å². The fourth-order valence-electron chi connectivity index (χ4n) is 2.37. The number of hydrogen-bond donors (Lipinski definition) is 1. The van der Waals surface area contributed by atoms with Gasteiger partial charge in [-0.3, -0.25) is 4.72 Å². The Morgan fingerprint density at radius 3 is 2.19 bits per heavy atom. The fraction of sp³-hybridized carbons (Fsp3) is 0.538. The number of rotatable bonds is 4. The van der Waals surface area contributed by atoms with E-state index in [1.165, 1.54) is 28.6 Å². The maximum Gasteiger partial charge on any atom is 0.243 e. The van der Waals surface area contributed by atoms with E-state index in [1.54, 1.807) is 0 Å². The monoisotopic (exact) mass is 332 g/mol. The Kier molecular flexibility index (Phi) is 4.90. The smallest absolute Gasteiger partial charge is 0.243 e. The lowest BCUT2D eigenvalue weighted by atomic mass is 10.2. The van der Waals surface area contributed by atoms with Crippen LogP contribution < -0.4 is 4.72 Å². The molecule has 1 aliphatic rings. The van der Waals surface area contributed by atoms with Gasteiger partial charge in [-0.05, 0) is 31.0 Å². The molecule has 118 valence electrons. The van der Waals surface area contributed by atoms with E-state index in [-0.39, 0.29) is 10.6 Å². The maximum absolute atomic E-state index is 12.6. The van der Waals surface area contributed by atoms with E-state index in [0.717, 1.165) is 31.9 Å². The summed E-state index contributed by atoms with van der Waals surface area (Å²) in [6, 6.07) is 5.93. The van der Waals surface area contributed by atoms with Crippen molar-refractivity contribution in [3.8, 4) is 0 Å². The summed E-state index contributed by atoms with van der Waals surface area (Å²) in [5.41, 5.74) is 0.258. The van der Waals surface area contributed by atoms with Crippen LogP contribution in [0.15, 0.2) is 29.2 Å². The Morgan fingerprint density at radius 1 is 1.00 bits per heavy atom. The van der Waals surface area contributed by atoms with Gasteiger partial charge in [-0.25, -0.2) is 16.8 Å². The highest BCUT2D eigenvalue weighted by Crippen LogP contribution is 2.22. The minimum absolute atomic E-state index is 0.123. The molecule has 0 aromatic heterocycles. The minimum Gasteiger partial charge on any atom is -0.284 e. The largest absolute Gasteiger partial charge is 0.284 e. The van der Waals surface area contributed by atoms with Crippen molar-refractivity contribution in [2.75, 3.05) is 24.1 Å². The zero-order chi connectivity index (χ0) is 15.5. The van der Waals surface area contributed by atoms with Crippen molar-refractivity contribution in [1.82, 2.24) is 4.31 Å². The lowest BCUT2D eigenvalue weighted by Crippen LogP contribution is -2.32. The van der Waals surface area contributed by atoms with Crippen LogP contribution in [0.3, 0.4) is 0 Å². The van der Waals surface area contributed by atoms with E-state index >= 15 is 0 Å². The summed E-state index contributed by atoms with van der Waals surface area (Å²) >= 11 is 0. The van der Waals surface area contributed by atoms with Crippen LogP contribution in [0.5, 0.6) is 0 Å². The lowest BCUT2D eigenvalue weighted by Gasteiger charge is -2.20. The number of sulfonamides is 2. The third kappa shape index (κ3) is 4.42. The zero-order valence-electron chi connectivity index (χ0n) is 11.9. The molecule has 1 aromatic carbocycles. The van der Waals surface area contributed by atoms with Gasteiger partial charge >= 0.3 is 0 Å². The van der Waals surface area contributed by atoms with Crippen LogP contribution in [0.25, 0.3) is 0 Å². The van der Waals surface area contributed by atoms with Crippen LogP contribution in [-0.2, 0) is 20.0 Å². The van der Waals surface area contributed by atoms with Crippen LogP contribution in [0.4, 0.5) is 5.69 Å². The third-order valence-corrected chi connectivity index (χ3v) is 5.84. The van der Waals surface area contributed by atoms with E-state index in [4.69, 9.17) is 0 Å². The van der Waals surface area contributed by atoms with Crippen molar-refractivity contribution >= 4 is 25.7 Å². The van der Waals surface area contributed by atoms with E-state index in [0.29, 0.717) is 13.1 Å². The highest BCUT2D eigenvalue weighted by molar-refractivity contribution is 7.92. The zero-order valence-corrected chi connectivity index (χ0v) is 13.6. The van der Waals surface area contributed by atoms with Crippen LogP contribution in [-0.4, -0.2) is 40.5 Å². The van der Waals surface area contributed by atoms with Gasteiger partial charge in [0.15, 0.2) is 0 Å². The summed E-state index contributed by atoms with van der Waals surface area (Å²) in [6.07, 6.45) is 4.84. The number of nitrogens with zero attached hydrogens (tertiary/aromatic N) is 1. The molecule has 0 unspecified atom stereocenters. The Bertz CT molecular complexity index is 691. The molecule has 6 nitrogen and oxygen atoms in total. The van der Waals surface area contributed by atoms with Crippen molar-refractivity contribution in [2.24, 2.45) is 0 Å². The van der Waals surface area contributed by atoms with E-state index in [1.807, 2.05) is 0 Å². The van der Waals surface area contributed by atoms with Crippen LogP contribution in [0.2, 0.25) is 0 Å². The molecule has 0 bridgehead atoms. The first-order chi connectivity index (χ1) is 9.79. The van der Waals surface area contributed by atoms with Crippen molar-refractivity contribution in [2.45, 2.75) is 30.6 Å². The summed E-state index contributed by atoms with van der Waals surface area (Å²) in [4.78, 5) is 0.123. The second kappa shape index (κ2) is 6.33. The molecule has 21 heavy (non-hydrogen) atoms. The first-order valence-electron chi connectivity index (χ1n) is 6.87. The first-order valence-corrected chi connectivity index (χ1v) is 10.2. The Balaban J connectivity index is 2.29. The number of nitrogens with one attached hydrogen (secondary N) is 1. The van der Waals surface area contributed by atoms with Gasteiger partial charge in [0, 0.05) is 18.8 Å². The highest BCUT2D eigenvalue weighted by atomic mass is 32.2. The third-order valence-electron chi connectivity index (χ3n) is 3.34. The highest BCUT2D eigenvalue weighted by Gasteiger charge is 2.25. The predicted molar refractivity (Wildman–Crippen MR) is 82.1 cm³/mol. The average Bonchev–Trinajstić information content (AvgIpc) is 2.66. The summed E-state index contributed by atoms with van der Waals surface area (Å²) in [5, 5.41) is 0. The van der Waals surface area contributed by atoms with Crippen molar-refractivity contribution in [3.63, 3.8) is 0 Å². The van der Waals surface area contributed by atoms with Crippen LogP contribution in [0, 0.1) is 0 Å². The first kappa shape index (κ1) is 16.3. The van der Waals surface area contributed by atoms with Gasteiger partial charge in [0.1, 0.15) is 0 Å². The van der Waals surface area contributed by atoms with Crippen molar-refractivity contribution in [3.05, 3.63) is 24.3 Å². The molecule has 0 spiro atoms. The van der Waals surface area contributed by atoms with E-state index in [2.05, 4.69) is 4.72 Å². The summed E-state index contributed by atoms with van der Waals surface area (Å²) in [5.74, 6) is 0. The van der Waals surface area contributed by atoms with Gasteiger partial charge in [0.2, 0.25) is 20.0 Å². The molecule has 0 atom stereocenters. The van der Waals surface area contributed by atoms with Crippen LogP contribution >= 0.6 is 0 Å². The summed E-state index contributed by atoms with van der Waals surface area (Å²) in [6.45, 7) is 1.04. The molecule has 0 saturated carbocycles. The van der Waals surface area contributed by atoms with Gasteiger partial charge in [-0.2, -0.15) is 4.31 Å². The topological polar surface area (TPSA) is 83.5 Å². The Labute approximate surface area is 126 Å². The molecule has 1 saturated heterocycles. The molecule has 1 aliphatic heterocycles. The molecular weight excluding hydrogens is 312 g/mol. The molecule has 1 heterocycles. The molecule has 0 aliphatic carbocycles. The summed E-state index contributed by atoms with van der Waals surface area (Å²) in [7, 11) is -6.99. The quantitative estimate of drug-likeness (QED) is 0.908. The van der Waals surface area contributed by atoms with Crippen LogP contribution in [0.1, 0.15) is 25.7 Å². The molecule has 2 rings (SSSR count). The summed E-state index contributed by atoms with van der Waals surface area (Å²) < 4.78 is 51.5. The molecule has 1 fully saturated rings. The van der Waals surface area contributed by atoms with E-state index < -0.39 is 20.0 Å². The SMILES string of the molecule is CS(=O)(=O)Nc1cccc(S(=O)(=O)N2CCCCCC2)c1. The number of hydrogen-bond acceptors (Lipinski definition) is 4. The maximum atomic E-state index is 12.6. The van der Waals surface area contributed by atoms with Gasteiger partial charge in [0.05, 0.1) is 11.2 Å². The standard InChI is InChI=1S/C13H20N2O4S2/c1-20(16,17)14-12-7-6-8-13(11-12)21(18,19)15-9-4-2-3-5-10-15/h6-8,11,14H,2-5,9-10H2,1H3. The average molecular weight is 332 g/mol. The molecule has 0 radical (unpaired) electrons.